The van der Waals surface area contributed by atoms with E-state index in [0.29, 0.717) is 19.0 Å². The van der Waals surface area contributed by atoms with Crippen LogP contribution in [-0.4, -0.2) is 23.1 Å². The molecule has 3 N–H and O–H groups in total. The van der Waals surface area contributed by atoms with Crippen LogP contribution in [0.2, 0.25) is 0 Å². The summed E-state index contributed by atoms with van der Waals surface area (Å²) in [6.07, 6.45) is 0. The summed E-state index contributed by atoms with van der Waals surface area (Å²) in [5.74, 6) is -0.365. The average Bonchev–Trinajstić information content (AvgIpc) is 2.81. The molecule has 8 heteroatoms. The maximum Gasteiger partial charge on any atom is 0.191 e. The van der Waals surface area contributed by atoms with E-state index in [1.807, 2.05) is 13.8 Å². The SMILES string of the molecule is CN=C(NCc1ccc(O)c(F)c1)NCc1nc(C)c(C)s1.I. The van der Waals surface area contributed by atoms with Gasteiger partial charge in [-0.25, -0.2) is 9.37 Å². The highest BCUT2D eigenvalue weighted by Crippen LogP contribution is 2.16. The minimum Gasteiger partial charge on any atom is -0.505 e. The molecule has 2 aromatic rings. The van der Waals surface area contributed by atoms with Crippen LogP contribution in [0, 0.1) is 19.7 Å². The number of phenols is 1. The number of nitrogens with one attached hydrogen (secondary N) is 2. The van der Waals surface area contributed by atoms with Gasteiger partial charge in [0.25, 0.3) is 0 Å². The van der Waals surface area contributed by atoms with Gasteiger partial charge in [0, 0.05) is 18.5 Å². The van der Waals surface area contributed by atoms with Gasteiger partial charge in [-0.05, 0) is 31.5 Å². The quantitative estimate of drug-likeness (QED) is 0.381. The van der Waals surface area contributed by atoms with Crippen molar-refractivity contribution >= 4 is 41.3 Å². The monoisotopic (exact) mass is 450 g/mol. The molecule has 0 saturated heterocycles. The number of benzene rings is 1. The molecule has 0 aliphatic heterocycles. The van der Waals surface area contributed by atoms with Crippen LogP contribution in [0.5, 0.6) is 5.75 Å². The molecule has 1 aromatic heterocycles. The van der Waals surface area contributed by atoms with Crippen molar-refractivity contribution in [1.29, 1.82) is 0 Å². The van der Waals surface area contributed by atoms with Crippen LogP contribution in [0.15, 0.2) is 23.2 Å². The number of nitrogens with zero attached hydrogens (tertiary/aromatic N) is 2. The fraction of sp³-hybridized carbons (Fsp3) is 0.333. The van der Waals surface area contributed by atoms with Crippen LogP contribution in [0.4, 0.5) is 4.39 Å². The van der Waals surface area contributed by atoms with E-state index in [2.05, 4.69) is 20.6 Å². The molecule has 5 nitrogen and oxygen atoms in total. The first-order chi connectivity index (χ1) is 10.5. The van der Waals surface area contributed by atoms with Gasteiger partial charge in [0.2, 0.25) is 0 Å². The summed E-state index contributed by atoms with van der Waals surface area (Å²) in [5.41, 5.74) is 1.77. The Labute approximate surface area is 156 Å². The topological polar surface area (TPSA) is 69.5 Å². The van der Waals surface area contributed by atoms with Crippen molar-refractivity contribution in [3.05, 3.63) is 45.2 Å². The number of hydrogen-bond acceptors (Lipinski definition) is 4. The summed E-state index contributed by atoms with van der Waals surface area (Å²) in [7, 11) is 1.67. The Kier molecular flexibility index (Phi) is 7.69. The third-order valence-corrected chi connectivity index (χ3v) is 4.25. The molecule has 0 spiro atoms. The second-order valence-electron chi connectivity index (χ2n) is 4.81. The van der Waals surface area contributed by atoms with E-state index in [1.54, 1.807) is 24.5 Å². The number of aromatic nitrogens is 1. The summed E-state index contributed by atoms with van der Waals surface area (Å²) in [5, 5.41) is 16.4. The van der Waals surface area contributed by atoms with Crippen LogP contribution in [0.1, 0.15) is 21.1 Å². The van der Waals surface area contributed by atoms with Gasteiger partial charge in [-0.1, -0.05) is 6.07 Å². The van der Waals surface area contributed by atoms with Gasteiger partial charge < -0.3 is 15.7 Å². The maximum atomic E-state index is 13.3. The van der Waals surface area contributed by atoms with Gasteiger partial charge in [0.05, 0.1) is 12.2 Å². The minimum absolute atomic E-state index is 0. The molecule has 0 bridgehead atoms. The molecular formula is C15H20FIN4OS. The van der Waals surface area contributed by atoms with Crippen LogP contribution in [-0.2, 0) is 13.1 Å². The van der Waals surface area contributed by atoms with E-state index in [9.17, 15) is 4.39 Å². The molecule has 0 saturated carbocycles. The van der Waals surface area contributed by atoms with E-state index >= 15 is 0 Å². The number of phenolic OH excluding ortho intramolecular Hbond substituents is 1. The number of guanidine groups is 1. The second-order valence-corrected chi connectivity index (χ2v) is 6.10. The zero-order valence-corrected chi connectivity index (χ0v) is 16.3. The number of halogens is 2. The van der Waals surface area contributed by atoms with Crippen molar-refractivity contribution in [2.45, 2.75) is 26.9 Å². The van der Waals surface area contributed by atoms with Crippen LogP contribution < -0.4 is 10.6 Å². The average molecular weight is 450 g/mol. The summed E-state index contributed by atoms with van der Waals surface area (Å²) in [6.45, 7) is 5.03. The molecule has 2 rings (SSSR count). The standard InChI is InChI=1S/C15H19FN4OS.HI/c1-9-10(2)22-14(20-9)8-19-15(17-3)18-7-11-4-5-13(21)12(16)6-11;/h4-6,21H,7-8H2,1-3H3,(H2,17,18,19);1H. The van der Waals surface area contributed by atoms with Crippen LogP contribution in [0.3, 0.4) is 0 Å². The fourth-order valence-electron chi connectivity index (χ4n) is 1.84. The van der Waals surface area contributed by atoms with Crippen molar-refractivity contribution < 1.29 is 9.50 Å². The molecule has 0 aliphatic carbocycles. The highest BCUT2D eigenvalue weighted by molar-refractivity contribution is 14.0. The number of aromatic hydroxyl groups is 1. The van der Waals surface area contributed by atoms with E-state index in [-0.39, 0.29) is 29.7 Å². The second kappa shape index (κ2) is 9.02. The summed E-state index contributed by atoms with van der Waals surface area (Å²) < 4.78 is 13.3. The third-order valence-electron chi connectivity index (χ3n) is 3.18. The smallest absolute Gasteiger partial charge is 0.191 e. The Morgan fingerprint density at radius 1 is 1.30 bits per heavy atom. The first-order valence-corrected chi connectivity index (χ1v) is 7.66. The van der Waals surface area contributed by atoms with Gasteiger partial charge in [-0.2, -0.15) is 0 Å². The number of hydrogen-bond donors (Lipinski definition) is 3. The predicted octanol–water partition coefficient (Wildman–Crippen LogP) is 3.09. The van der Waals surface area contributed by atoms with Crippen molar-refractivity contribution in [2.75, 3.05) is 7.05 Å². The van der Waals surface area contributed by atoms with Crippen molar-refractivity contribution in [3.8, 4) is 5.75 Å². The Hall–Kier alpha value is -1.42. The molecule has 126 valence electrons. The lowest BCUT2D eigenvalue weighted by atomic mass is 10.2. The molecular weight excluding hydrogens is 430 g/mol. The molecule has 0 fully saturated rings. The number of thiazole rings is 1. The first-order valence-electron chi connectivity index (χ1n) is 6.84. The molecule has 0 amide bonds. The Balaban J connectivity index is 0.00000264. The summed E-state index contributed by atoms with van der Waals surface area (Å²) in [6, 6.07) is 4.29. The summed E-state index contributed by atoms with van der Waals surface area (Å²) in [4.78, 5) is 9.78. The molecule has 23 heavy (non-hydrogen) atoms. The van der Waals surface area contributed by atoms with Gasteiger partial charge in [-0.3, -0.25) is 4.99 Å². The molecule has 0 aliphatic rings. The van der Waals surface area contributed by atoms with E-state index in [4.69, 9.17) is 5.11 Å². The number of rotatable bonds is 4. The van der Waals surface area contributed by atoms with Gasteiger partial charge in [0.15, 0.2) is 17.5 Å². The van der Waals surface area contributed by atoms with Crippen LogP contribution in [0.25, 0.3) is 0 Å². The Morgan fingerprint density at radius 3 is 2.57 bits per heavy atom. The van der Waals surface area contributed by atoms with E-state index in [1.165, 1.54) is 17.0 Å². The van der Waals surface area contributed by atoms with Crippen molar-refractivity contribution in [3.63, 3.8) is 0 Å². The molecule has 1 aromatic carbocycles. The molecule has 0 atom stereocenters. The van der Waals surface area contributed by atoms with E-state index < -0.39 is 5.82 Å². The lowest BCUT2D eigenvalue weighted by Crippen LogP contribution is -2.36. The fourth-order valence-corrected chi connectivity index (χ4v) is 2.71. The van der Waals surface area contributed by atoms with Crippen LogP contribution >= 0.6 is 35.3 Å². The largest absolute Gasteiger partial charge is 0.505 e. The first kappa shape index (κ1) is 19.6. The number of aliphatic imine (C=N–C) groups is 1. The zero-order chi connectivity index (χ0) is 16.1. The highest BCUT2D eigenvalue weighted by atomic mass is 127. The Bertz CT molecular complexity index is 671. The maximum absolute atomic E-state index is 13.3. The molecule has 1 heterocycles. The van der Waals surface area contributed by atoms with Gasteiger partial charge >= 0.3 is 0 Å². The zero-order valence-electron chi connectivity index (χ0n) is 13.2. The number of aryl methyl sites for hydroxylation is 2. The molecule has 0 radical (unpaired) electrons. The normalized spacial score (nSPS) is 11.0. The van der Waals surface area contributed by atoms with E-state index in [0.717, 1.165) is 16.3 Å². The van der Waals surface area contributed by atoms with Gasteiger partial charge in [0.1, 0.15) is 5.01 Å². The lowest BCUT2D eigenvalue weighted by Gasteiger charge is -2.11. The van der Waals surface area contributed by atoms with Gasteiger partial charge in [-0.15, -0.1) is 35.3 Å². The van der Waals surface area contributed by atoms with Crippen molar-refractivity contribution in [2.24, 2.45) is 4.99 Å². The van der Waals surface area contributed by atoms with Crippen molar-refractivity contribution in [1.82, 2.24) is 15.6 Å². The molecule has 0 unspecified atom stereocenters. The third kappa shape index (κ3) is 5.61. The highest BCUT2D eigenvalue weighted by Gasteiger charge is 2.06. The predicted molar refractivity (Wildman–Crippen MR) is 102 cm³/mol. The lowest BCUT2D eigenvalue weighted by molar-refractivity contribution is 0.431. The Morgan fingerprint density at radius 2 is 2.00 bits per heavy atom. The summed E-state index contributed by atoms with van der Waals surface area (Å²) >= 11 is 1.65. The minimum atomic E-state index is -0.629.